The van der Waals surface area contributed by atoms with E-state index in [4.69, 9.17) is 9.57 Å². The second-order valence-electron chi connectivity index (χ2n) is 5.28. The van der Waals surface area contributed by atoms with Crippen LogP contribution in [0.1, 0.15) is 26.3 Å². The summed E-state index contributed by atoms with van der Waals surface area (Å²) in [6.45, 7) is 0. The van der Waals surface area contributed by atoms with Gasteiger partial charge in [-0.25, -0.2) is 4.79 Å². The maximum atomic E-state index is 12.2. The van der Waals surface area contributed by atoms with Crippen LogP contribution in [0.3, 0.4) is 0 Å². The van der Waals surface area contributed by atoms with Crippen LogP contribution in [0.5, 0.6) is 5.75 Å². The number of ether oxygens (including phenoxy) is 1. The molecule has 0 fully saturated rings. The molecule has 0 radical (unpaired) electrons. The second kappa shape index (κ2) is 4.95. The van der Waals surface area contributed by atoms with E-state index in [2.05, 4.69) is 0 Å². The molecular formula is C17H11NO5. The molecule has 1 unspecified atom stereocenters. The molecule has 6 heteroatoms. The lowest BCUT2D eigenvalue weighted by molar-refractivity contribution is -0.176. The van der Waals surface area contributed by atoms with Crippen molar-refractivity contribution in [1.29, 1.82) is 0 Å². The van der Waals surface area contributed by atoms with Gasteiger partial charge < -0.3 is 9.57 Å². The fourth-order valence-electron chi connectivity index (χ4n) is 2.71. The third kappa shape index (κ3) is 2.07. The van der Waals surface area contributed by atoms with Gasteiger partial charge in [0.25, 0.3) is 11.8 Å². The standard InChI is InChI=1S/C17H11NO5/c19-15-11-6-2-3-7-12(11)16(20)18(15)23-17(21)14-9-10-5-1-4-8-13(10)22-14/h1-8,14H,9H2. The number of benzene rings is 2. The Balaban J connectivity index is 1.51. The summed E-state index contributed by atoms with van der Waals surface area (Å²) in [6.07, 6.45) is -0.519. The largest absolute Gasteiger partial charge is 0.478 e. The fraction of sp³-hybridized carbons (Fsp3) is 0.118. The van der Waals surface area contributed by atoms with Gasteiger partial charge in [-0.2, -0.15) is 0 Å². The van der Waals surface area contributed by atoms with Gasteiger partial charge in [-0.05, 0) is 23.8 Å². The minimum absolute atomic E-state index is 0.223. The molecule has 2 aliphatic rings. The van der Waals surface area contributed by atoms with E-state index in [1.807, 2.05) is 12.1 Å². The summed E-state index contributed by atoms with van der Waals surface area (Å²) in [4.78, 5) is 41.5. The monoisotopic (exact) mass is 309 g/mol. The molecule has 2 heterocycles. The SMILES string of the molecule is O=C(ON1C(=O)c2ccccc2C1=O)C1Cc2ccccc2O1. The molecular weight excluding hydrogens is 298 g/mol. The lowest BCUT2D eigenvalue weighted by Crippen LogP contribution is -2.38. The van der Waals surface area contributed by atoms with E-state index < -0.39 is 23.9 Å². The lowest BCUT2D eigenvalue weighted by atomic mass is 10.1. The third-order valence-corrected chi connectivity index (χ3v) is 3.85. The van der Waals surface area contributed by atoms with Gasteiger partial charge in [0.05, 0.1) is 11.1 Å². The highest BCUT2D eigenvalue weighted by molar-refractivity contribution is 6.20. The maximum absolute atomic E-state index is 12.2. The Morgan fingerprint density at radius 2 is 1.61 bits per heavy atom. The molecule has 0 spiro atoms. The first-order chi connectivity index (χ1) is 11.1. The Morgan fingerprint density at radius 1 is 1.00 bits per heavy atom. The molecule has 0 aromatic heterocycles. The van der Waals surface area contributed by atoms with Gasteiger partial charge in [0.2, 0.25) is 6.10 Å². The van der Waals surface area contributed by atoms with Crippen LogP contribution >= 0.6 is 0 Å². The highest BCUT2D eigenvalue weighted by Gasteiger charge is 2.41. The highest BCUT2D eigenvalue weighted by atomic mass is 16.7. The smallest absolute Gasteiger partial charge is 0.373 e. The summed E-state index contributed by atoms with van der Waals surface area (Å²) in [6, 6.07) is 13.6. The van der Waals surface area contributed by atoms with Crippen molar-refractivity contribution in [2.75, 3.05) is 0 Å². The van der Waals surface area contributed by atoms with Crippen LogP contribution in [0.2, 0.25) is 0 Å². The minimum Gasteiger partial charge on any atom is -0.478 e. The second-order valence-corrected chi connectivity index (χ2v) is 5.28. The van der Waals surface area contributed by atoms with E-state index in [0.717, 1.165) is 5.56 Å². The van der Waals surface area contributed by atoms with Crippen molar-refractivity contribution in [3.63, 3.8) is 0 Å². The summed E-state index contributed by atoms with van der Waals surface area (Å²) < 4.78 is 5.50. The van der Waals surface area contributed by atoms with E-state index in [9.17, 15) is 14.4 Å². The van der Waals surface area contributed by atoms with Gasteiger partial charge >= 0.3 is 5.97 Å². The van der Waals surface area contributed by atoms with Crippen molar-refractivity contribution in [1.82, 2.24) is 5.06 Å². The zero-order chi connectivity index (χ0) is 16.0. The van der Waals surface area contributed by atoms with Crippen LogP contribution in [-0.4, -0.2) is 29.0 Å². The van der Waals surface area contributed by atoms with E-state index in [1.54, 1.807) is 24.3 Å². The number of nitrogens with zero attached hydrogens (tertiary/aromatic N) is 1. The van der Waals surface area contributed by atoms with E-state index in [1.165, 1.54) is 12.1 Å². The number of hydroxylamine groups is 2. The highest BCUT2D eigenvalue weighted by Crippen LogP contribution is 2.29. The summed E-state index contributed by atoms with van der Waals surface area (Å²) in [5.74, 6) is -1.45. The summed E-state index contributed by atoms with van der Waals surface area (Å²) in [5, 5.41) is 0.499. The van der Waals surface area contributed by atoms with Crippen molar-refractivity contribution < 1.29 is 24.0 Å². The maximum Gasteiger partial charge on any atom is 0.373 e. The van der Waals surface area contributed by atoms with Gasteiger partial charge in [-0.3, -0.25) is 9.59 Å². The number of amides is 2. The average molecular weight is 309 g/mol. The molecule has 1 atom stereocenters. The van der Waals surface area contributed by atoms with Gasteiger partial charge in [0, 0.05) is 6.42 Å². The number of carbonyl (C=O) groups excluding carboxylic acids is 3. The molecule has 4 rings (SSSR count). The zero-order valence-corrected chi connectivity index (χ0v) is 11.9. The Labute approximate surface area is 131 Å². The molecule has 2 amide bonds. The van der Waals surface area contributed by atoms with Crippen molar-refractivity contribution in [3.05, 3.63) is 65.2 Å². The Morgan fingerprint density at radius 3 is 2.26 bits per heavy atom. The minimum atomic E-state index is -0.864. The number of fused-ring (bicyclic) bond motifs is 2. The van der Waals surface area contributed by atoms with E-state index >= 15 is 0 Å². The Kier molecular flexibility index (Phi) is 2.90. The Hall–Kier alpha value is -3.15. The van der Waals surface area contributed by atoms with Crippen LogP contribution in [0, 0.1) is 0 Å². The van der Waals surface area contributed by atoms with Crippen LogP contribution in [0.15, 0.2) is 48.5 Å². The summed E-state index contributed by atoms with van der Waals surface area (Å²) in [7, 11) is 0. The van der Waals surface area contributed by atoms with E-state index in [-0.39, 0.29) is 11.1 Å². The van der Waals surface area contributed by atoms with Crippen molar-refractivity contribution >= 4 is 17.8 Å². The number of para-hydroxylation sites is 1. The molecule has 6 nitrogen and oxygen atoms in total. The first kappa shape index (κ1) is 13.5. The number of hydrogen-bond donors (Lipinski definition) is 0. The van der Waals surface area contributed by atoms with Gasteiger partial charge in [-0.15, -0.1) is 0 Å². The summed E-state index contributed by atoms with van der Waals surface area (Å²) >= 11 is 0. The van der Waals surface area contributed by atoms with Crippen molar-refractivity contribution in [3.8, 4) is 5.75 Å². The fourth-order valence-corrected chi connectivity index (χ4v) is 2.71. The van der Waals surface area contributed by atoms with Crippen molar-refractivity contribution in [2.45, 2.75) is 12.5 Å². The molecule has 0 saturated heterocycles. The number of hydrogen-bond acceptors (Lipinski definition) is 5. The molecule has 2 aromatic rings. The van der Waals surface area contributed by atoms with Gasteiger partial charge in [-0.1, -0.05) is 35.4 Å². The molecule has 0 saturated carbocycles. The molecule has 23 heavy (non-hydrogen) atoms. The van der Waals surface area contributed by atoms with Crippen LogP contribution < -0.4 is 4.74 Å². The number of imide groups is 1. The lowest BCUT2D eigenvalue weighted by Gasteiger charge is -2.15. The van der Waals surface area contributed by atoms with Crippen LogP contribution in [-0.2, 0) is 16.1 Å². The third-order valence-electron chi connectivity index (χ3n) is 3.85. The van der Waals surface area contributed by atoms with E-state index in [0.29, 0.717) is 17.2 Å². The molecule has 0 aliphatic carbocycles. The first-order valence-electron chi connectivity index (χ1n) is 7.09. The van der Waals surface area contributed by atoms with Gasteiger partial charge in [0.15, 0.2) is 0 Å². The van der Waals surface area contributed by atoms with Gasteiger partial charge in [0.1, 0.15) is 5.75 Å². The predicted octanol–water partition coefficient (Wildman–Crippen LogP) is 1.74. The van der Waals surface area contributed by atoms with Crippen LogP contribution in [0.25, 0.3) is 0 Å². The summed E-state index contributed by atoms with van der Waals surface area (Å²) in [5.41, 5.74) is 1.33. The molecule has 0 N–H and O–H groups in total. The zero-order valence-electron chi connectivity index (χ0n) is 11.9. The Bertz CT molecular complexity index is 784. The molecule has 2 aromatic carbocycles. The normalized spacial score (nSPS) is 18.4. The number of rotatable bonds is 2. The van der Waals surface area contributed by atoms with Crippen molar-refractivity contribution in [2.24, 2.45) is 0 Å². The topological polar surface area (TPSA) is 72.9 Å². The molecule has 2 aliphatic heterocycles. The molecule has 114 valence electrons. The first-order valence-corrected chi connectivity index (χ1v) is 7.09. The quantitative estimate of drug-likeness (QED) is 0.790. The van der Waals surface area contributed by atoms with Crippen LogP contribution in [0.4, 0.5) is 0 Å². The average Bonchev–Trinajstić information content (AvgIpc) is 3.11. The number of carbonyl (C=O) groups is 3. The molecule has 0 bridgehead atoms. The predicted molar refractivity (Wildman–Crippen MR) is 77.6 cm³/mol.